The third kappa shape index (κ3) is 3.84. The molecule has 1 aliphatic rings. The number of hydrogen-bond donors (Lipinski definition) is 2. The Labute approximate surface area is 132 Å². The smallest absolute Gasteiger partial charge is 0.0924 e. The van der Waals surface area contributed by atoms with Crippen LogP contribution in [0, 0.1) is 0 Å². The fraction of sp³-hybridized carbons (Fsp3) is 0.438. The molecule has 2 heterocycles. The van der Waals surface area contributed by atoms with Gasteiger partial charge in [-0.3, -0.25) is 10.00 Å². The lowest BCUT2D eigenvalue weighted by atomic mass is 10.1. The molecule has 1 aromatic carbocycles. The van der Waals surface area contributed by atoms with Crippen molar-refractivity contribution < 1.29 is 0 Å². The summed E-state index contributed by atoms with van der Waals surface area (Å²) in [5.41, 5.74) is 3.37. The Morgan fingerprint density at radius 2 is 2.00 bits per heavy atom. The Bertz CT molecular complexity index is 554. The zero-order valence-electron chi connectivity index (χ0n) is 12.5. The quantitative estimate of drug-likeness (QED) is 0.916. The zero-order chi connectivity index (χ0) is 13.9. The van der Waals surface area contributed by atoms with Crippen LogP contribution in [0.25, 0.3) is 11.3 Å². The number of halogens is 1. The number of benzene rings is 1. The molecule has 1 saturated heterocycles. The van der Waals surface area contributed by atoms with Gasteiger partial charge in [0.2, 0.25) is 0 Å². The van der Waals surface area contributed by atoms with Gasteiger partial charge in [0.15, 0.2) is 0 Å². The lowest BCUT2D eigenvalue weighted by Crippen LogP contribution is -2.53. The molecule has 114 valence electrons. The number of H-pyrrole nitrogens is 1. The summed E-state index contributed by atoms with van der Waals surface area (Å²) in [4.78, 5) is 2.50. The van der Waals surface area contributed by atoms with Crippen LogP contribution in [-0.4, -0.2) is 40.3 Å². The van der Waals surface area contributed by atoms with Crippen LogP contribution in [0.15, 0.2) is 36.4 Å². The molecule has 1 aliphatic heterocycles. The molecule has 0 saturated carbocycles. The number of piperazine rings is 1. The number of aromatic nitrogens is 2. The molecule has 21 heavy (non-hydrogen) atoms. The van der Waals surface area contributed by atoms with Gasteiger partial charge in [0, 0.05) is 43.0 Å². The van der Waals surface area contributed by atoms with Crippen LogP contribution >= 0.6 is 12.4 Å². The molecule has 1 aromatic heterocycles. The second kappa shape index (κ2) is 7.07. The van der Waals surface area contributed by atoms with Gasteiger partial charge in [-0.05, 0) is 19.9 Å². The highest BCUT2D eigenvalue weighted by atomic mass is 35.5. The first-order valence-corrected chi connectivity index (χ1v) is 7.29. The number of nitrogens with zero attached hydrogens (tertiary/aromatic N) is 2. The molecule has 0 radical (unpaired) electrons. The number of rotatable bonds is 3. The number of hydrogen-bond acceptors (Lipinski definition) is 3. The normalized spacial score (nSPS) is 22.8. The summed E-state index contributed by atoms with van der Waals surface area (Å²) >= 11 is 0. The minimum Gasteiger partial charge on any atom is -0.311 e. The van der Waals surface area contributed by atoms with E-state index in [2.05, 4.69) is 52.5 Å². The fourth-order valence-electron chi connectivity index (χ4n) is 2.74. The van der Waals surface area contributed by atoms with Crippen LogP contribution in [-0.2, 0) is 6.54 Å². The molecule has 4 nitrogen and oxygen atoms in total. The topological polar surface area (TPSA) is 44.0 Å². The summed E-state index contributed by atoms with van der Waals surface area (Å²) < 4.78 is 0. The summed E-state index contributed by atoms with van der Waals surface area (Å²) in [6, 6.07) is 13.6. The molecule has 3 rings (SSSR count). The van der Waals surface area contributed by atoms with Crippen LogP contribution < -0.4 is 5.32 Å². The van der Waals surface area contributed by atoms with Gasteiger partial charge in [-0.25, -0.2) is 0 Å². The van der Waals surface area contributed by atoms with Gasteiger partial charge in [-0.2, -0.15) is 5.10 Å². The zero-order valence-corrected chi connectivity index (χ0v) is 13.4. The molecule has 0 spiro atoms. The molecule has 2 aromatic rings. The van der Waals surface area contributed by atoms with Crippen molar-refractivity contribution in [3.05, 3.63) is 42.1 Å². The Morgan fingerprint density at radius 1 is 1.24 bits per heavy atom. The molecule has 0 bridgehead atoms. The van der Waals surface area contributed by atoms with Crippen LogP contribution in [0.5, 0.6) is 0 Å². The first-order valence-electron chi connectivity index (χ1n) is 7.29. The van der Waals surface area contributed by atoms with E-state index in [9.17, 15) is 0 Å². The third-order valence-corrected chi connectivity index (χ3v) is 3.97. The fourth-order valence-corrected chi connectivity index (χ4v) is 2.74. The summed E-state index contributed by atoms with van der Waals surface area (Å²) in [5, 5.41) is 11.1. The van der Waals surface area contributed by atoms with Gasteiger partial charge in [0.25, 0.3) is 0 Å². The Hall–Kier alpha value is -1.36. The van der Waals surface area contributed by atoms with Gasteiger partial charge in [-0.1, -0.05) is 30.3 Å². The average molecular weight is 307 g/mol. The van der Waals surface area contributed by atoms with Crippen molar-refractivity contribution >= 4 is 12.4 Å². The molecule has 2 N–H and O–H groups in total. The predicted octanol–water partition coefficient (Wildman–Crippen LogP) is 2.68. The third-order valence-electron chi connectivity index (χ3n) is 3.97. The monoisotopic (exact) mass is 306 g/mol. The molecule has 0 aliphatic carbocycles. The van der Waals surface area contributed by atoms with E-state index in [0.717, 1.165) is 30.9 Å². The van der Waals surface area contributed by atoms with Gasteiger partial charge in [-0.15, -0.1) is 12.4 Å². The molecule has 5 heteroatoms. The van der Waals surface area contributed by atoms with Crippen molar-refractivity contribution in [3.8, 4) is 11.3 Å². The standard InChI is InChI=1S/C16H22N4.ClH/c1-12-10-20(13(2)9-17-12)11-15-8-16(19-18-15)14-6-4-3-5-7-14;/h3-8,12-13,17H,9-11H2,1-2H3,(H,18,19);1H. The largest absolute Gasteiger partial charge is 0.311 e. The van der Waals surface area contributed by atoms with E-state index in [4.69, 9.17) is 0 Å². The van der Waals surface area contributed by atoms with E-state index in [1.54, 1.807) is 0 Å². The Balaban J connectivity index is 0.00000161. The second-order valence-electron chi connectivity index (χ2n) is 5.73. The van der Waals surface area contributed by atoms with E-state index < -0.39 is 0 Å². The Morgan fingerprint density at radius 3 is 2.76 bits per heavy atom. The minimum absolute atomic E-state index is 0. The van der Waals surface area contributed by atoms with E-state index in [1.165, 1.54) is 5.69 Å². The first-order chi connectivity index (χ1) is 9.72. The maximum Gasteiger partial charge on any atom is 0.0924 e. The van der Waals surface area contributed by atoms with Crippen molar-refractivity contribution in [1.29, 1.82) is 0 Å². The highest BCUT2D eigenvalue weighted by molar-refractivity contribution is 5.85. The summed E-state index contributed by atoms with van der Waals surface area (Å²) in [6.07, 6.45) is 0. The van der Waals surface area contributed by atoms with Crippen LogP contribution in [0.2, 0.25) is 0 Å². The molecule has 2 atom stereocenters. The first kappa shape index (κ1) is 16.0. The van der Waals surface area contributed by atoms with Crippen molar-refractivity contribution in [1.82, 2.24) is 20.4 Å². The summed E-state index contributed by atoms with van der Waals surface area (Å²) in [5.74, 6) is 0. The molecule has 1 fully saturated rings. The summed E-state index contributed by atoms with van der Waals surface area (Å²) in [6.45, 7) is 7.59. The lowest BCUT2D eigenvalue weighted by Gasteiger charge is -2.37. The predicted molar refractivity (Wildman–Crippen MR) is 88.6 cm³/mol. The van der Waals surface area contributed by atoms with E-state index >= 15 is 0 Å². The van der Waals surface area contributed by atoms with Crippen LogP contribution in [0.1, 0.15) is 19.5 Å². The van der Waals surface area contributed by atoms with Crippen LogP contribution in [0.3, 0.4) is 0 Å². The van der Waals surface area contributed by atoms with Gasteiger partial charge >= 0.3 is 0 Å². The Kier molecular flexibility index (Phi) is 5.39. The van der Waals surface area contributed by atoms with Crippen molar-refractivity contribution in [2.24, 2.45) is 0 Å². The van der Waals surface area contributed by atoms with Gasteiger partial charge in [0.05, 0.1) is 5.69 Å². The van der Waals surface area contributed by atoms with E-state index in [0.29, 0.717) is 12.1 Å². The highest BCUT2D eigenvalue weighted by Crippen LogP contribution is 2.18. The highest BCUT2D eigenvalue weighted by Gasteiger charge is 2.22. The maximum atomic E-state index is 4.43. The molecular weight excluding hydrogens is 284 g/mol. The number of nitrogens with one attached hydrogen (secondary N) is 2. The maximum absolute atomic E-state index is 4.43. The van der Waals surface area contributed by atoms with E-state index in [-0.39, 0.29) is 12.4 Å². The lowest BCUT2D eigenvalue weighted by molar-refractivity contribution is 0.137. The number of aromatic amines is 1. The second-order valence-corrected chi connectivity index (χ2v) is 5.73. The molecule has 2 unspecified atom stereocenters. The van der Waals surface area contributed by atoms with Crippen molar-refractivity contribution in [3.63, 3.8) is 0 Å². The van der Waals surface area contributed by atoms with Crippen molar-refractivity contribution in [2.75, 3.05) is 13.1 Å². The minimum atomic E-state index is 0. The van der Waals surface area contributed by atoms with E-state index in [1.807, 2.05) is 18.2 Å². The van der Waals surface area contributed by atoms with Gasteiger partial charge < -0.3 is 5.32 Å². The molecular formula is C16H23ClN4. The van der Waals surface area contributed by atoms with Crippen LogP contribution in [0.4, 0.5) is 0 Å². The average Bonchev–Trinajstić information content (AvgIpc) is 2.92. The molecule has 0 amide bonds. The SMILES string of the molecule is CC1CN(Cc2cc(-c3ccccc3)n[nH]2)C(C)CN1.Cl. The van der Waals surface area contributed by atoms with Gasteiger partial charge in [0.1, 0.15) is 0 Å². The van der Waals surface area contributed by atoms with Crippen molar-refractivity contribution in [2.45, 2.75) is 32.5 Å². The summed E-state index contributed by atoms with van der Waals surface area (Å²) in [7, 11) is 0.